The van der Waals surface area contributed by atoms with Crippen molar-refractivity contribution >= 4 is 70.8 Å². The van der Waals surface area contributed by atoms with Crippen molar-refractivity contribution < 1.29 is 27.9 Å². The summed E-state index contributed by atoms with van der Waals surface area (Å²) in [5.74, 6) is 0. The topological polar surface area (TPSA) is 148 Å². The first-order chi connectivity index (χ1) is 26.4. The lowest BCUT2D eigenvalue weighted by Crippen LogP contribution is -2.41. The molecular formula is C39H54B3N9O6. The van der Waals surface area contributed by atoms with Crippen molar-refractivity contribution in [3.63, 3.8) is 0 Å². The van der Waals surface area contributed by atoms with Crippen LogP contribution in [0.5, 0.6) is 0 Å². The maximum Gasteiger partial charge on any atom is 0.494 e. The molecule has 3 aliphatic heterocycles. The third-order valence-corrected chi connectivity index (χ3v) is 12.4. The van der Waals surface area contributed by atoms with E-state index in [-0.39, 0.29) is 55.0 Å². The molecule has 0 aliphatic carbocycles. The van der Waals surface area contributed by atoms with Gasteiger partial charge in [0, 0.05) is 21.1 Å². The van der Waals surface area contributed by atoms with E-state index in [2.05, 4.69) is 58.5 Å². The second-order valence-electron chi connectivity index (χ2n) is 18.1. The van der Waals surface area contributed by atoms with Crippen LogP contribution in [0.15, 0.2) is 54.6 Å². The van der Waals surface area contributed by atoms with Crippen LogP contribution in [0.25, 0.3) is 33.1 Å². The van der Waals surface area contributed by atoms with Crippen LogP contribution in [0.3, 0.4) is 0 Å². The molecule has 0 spiro atoms. The molecule has 9 rings (SSSR count). The molecule has 15 nitrogen and oxygen atoms in total. The van der Waals surface area contributed by atoms with Crippen LogP contribution >= 0.6 is 0 Å². The fourth-order valence-corrected chi connectivity index (χ4v) is 6.52. The number of nitrogens with zero attached hydrogens (tertiary/aromatic N) is 9. The van der Waals surface area contributed by atoms with Crippen LogP contribution in [0.4, 0.5) is 0 Å². The maximum atomic E-state index is 6.04. The van der Waals surface area contributed by atoms with Gasteiger partial charge in [0.25, 0.3) is 0 Å². The molecular weight excluding hydrogens is 723 g/mol. The van der Waals surface area contributed by atoms with Gasteiger partial charge in [-0.05, 0) is 136 Å². The zero-order valence-electron chi connectivity index (χ0n) is 35.9. The maximum absolute atomic E-state index is 6.04. The third-order valence-electron chi connectivity index (χ3n) is 12.4. The van der Waals surface area contributed by atoms with E-state index < -0.39 is 0 Å². The number of benzene rings is 3. The summed E-state index contributed by atoms with van der Waals surface area (Å²) in [6, 6.07) is 17.8. The van der Waals surface area contributed by atoms with E-state index in [0.29, 0.717) is 0 Å². The van der Waals surface area contributed by atoms with Crippen LogP contribution in [0, 0.1) is 0 Å². The Balaban J connectivity index is 0.000000131. The zero-order chi connectivity index (χ0) is 41.5. The van der Waals surface area contributed by atoms with E-state index in [1.54, 1.807) is 14.2 Å². The van der Waals surface area contributed by atoms with Crippen LogP contribution in [-0.4, -0.2) is 99.9 Å². The Morgan fingerprint density at radius 1 is 0.404 bits per heavy atom. The van der Waals surface area contributed by atoms with E-state index in [0.717, 1.165) is 49.5 Å². The number of rotatable bonds is 3. The lowest BCUT2D eigenvalue weighted by molar-refractivity contribution is 0.00578. The predicted octanol–water partition coefficient (Wildman–Crippen LogP) is 3.80. The van der Waals surface area contributed by atoms with Crippen molar-refractivity contribution in [1.82, 2.24) is 45.0 Å². The molecule has 3 aromatic carbocycles. The SMILES string of the molecule is Cn1nc2ccc(B3OC(C)(C)C(C)(C)O3)cc2n1.Cn1nnc2cc(B3OC(C)(C)C(C)(C)O3)ccc21.Cn1nnc2ccc(B3OC(C)(C)C(C)(C)O3)cc21. The first-order valence-electron chi connectivity index (χ1n) is 19.4. The average molecular weight is 777 g/mol. The summed E-state index contributed by atoms with van der Waals surface area (Å²) in [5, 5.41) is 24.8. The van der Waals surface area contributed by atoms with Crippen molar-refractivity contribution in [1.29, 1.82) is 0 Å². The molecule has 0 saturated carbocycles. The fourth-order valence-electron chi connectivity index (χ4n) is 6.52. The zero-order valence-corrected chi connectivity index (χ0v) is 35.9. The number of hydrogen-bond acceptors (Lipinski definition) is 12. The molecule has 0 amide bonds. The molecule has 0 N–H and O–H groups in total. The van der Waals surface area contributed by atoms with Crippen LogP contribution in [0.2, 0.25) is 0 Å². The molecule has 6 heterocycles. The first-order valence-corrected chi connectivity index (χ1v) is 19.4. The fraction of sp³-hybridized carbons (Fsp3) is 0.538. The highest BCUT2D eigenvalue weighted by molar-refractivity contribution is 6.63. The van der Waals surface area contributed by atoms with Gasteiger partial charge in [0.2, 0.25) is 0 Å². The summed E-state index contributed by atoms with van der Waals surface area (Å²) >= 11 is 0. The normalized spacial score (nSPS) is 21.2. The lowest BCUT2D eigenvalue weighted by Gasteiger charge is -2.32. The van der Waals surface area contributed by atoms with Crippen molar-refractivity contribution in [2.45, 2.75) is 117 Å². The smallest absolute Gasteiger partial charge is 0.399 e. The molecule has 300 valence electrons. The van der Waals surface area contributed by atoms with Crippen molar-refractivity contribution in [2.24, 2.45) is 21.1 Å². The number of aromatic nitrogens is 9. The molecule has 3 aromatic heterocycles. The first kappa shape index (κ1) is 41.0. The second kappa shape index (κ2) is 14.0. The van der Waals surface area contributed by atoms with E-state index in [1.165, 1.54) is 0 Å². The summed E-state index contributed by atoms with van der Waals surface area (Å²) < 4.78 is 39.7. The van der Waals surface area contributed by atoms with Crippen LogP contribution in [-0.2, 0) is 49.1 Å². The molecule has 0 unspecified atom stereocenters. The second-order valence-corrected chi connectivity index (χ2v) is 18.1. The summed E-state index contributed by atoms with van der Waals surface area (Å²) in [5.41, 5.74) is 6.46. The van der Waals surface area contributed by atoms with Crippen molar-refractivity contribution in [2.75, 3.05) is 0 Å². The van der Waals surface area contributed by atoms with E-state index in [9.17, 15) is 0 Å². The Hall–Kier alpha value is -4.19. The predicted molar refractivity (Wildman–Crippen MR) is 223 cm³/mol. The van der Waals surface area contributed by atoms with Gasteiger partial charge in [-0.2, -0.15) is 15.0 Å². The summed E-state index contributed by atoms with van der Waals surface area (Å²) in [6.07, 6.45) is 0. The largest absolute Gasteiger partial charge is 0.494 e. The Bertz CT molecular complexity index is 2340. The van der Waals surface area contributed by atoms with Gasteiger partial charge in [0.1, 0.15) is 22.1 Å². The molecule has 0 bridgehead atoms. The molecule has 3 fully saturated rings. The molecule has 0 atom stereocenters. The standard InChI is InChI=1S/3C13H18BN3O2/c1-12(2)13(3,4)19-14(18-12)9-6-7-11-10(8-9)15-16-17(11)5;1-12(2)13(3,4)19-14(18-12)9-6-7-10-11(8-9)17(5)16-15-10;1-12(2)13(3,4)19-14(18-12)9-6-7-10-11(8-9)16-17(5)15-10/h3*6-8H,1-5H3. The van der Waals surface area contributed by atoms with E-state index in [1.807, 2.05) is 131 Å². The van der Waals surface area contributed by atoms with Gasteiger partial charge in [-0.15, -0.1) is 10.2 Å². The van der Waals surface area contributed by atoms with Gasteiger partial charge in [-0.3, -0.25) is 0 Å². The van der Waals surface area contributed by atoms with Crippen LogP contribution < -0.4 is 16.4 Å². The minimum atomic E-state index is -0.351. The van der Waals surface area contributed by atoms with Gasteiger partial charge in [0.05, 0.1) is 44.6 Å². The summed E-state index contributed by atoms with van der Waals surface area (Å²) in [7, 11) is 4.53. The minimum Gasteiger partial charge on any atom is -0.399 e. The summed E-state index contributed by atoms with van der Waals surface area (Å²) in [6.45, 7) is 24.6. The highest BCUT2D eigenvalue weighted by Crippen LogP contribution is 2.38. The van der Waals surface area contributed by atoms with E-state index >= 15 is 0 Å². The monoisotopic (exact) mass is 777 g/mol. The van der Waals surface area contributed by atoms with Crippen molar-refractivity contribution in [3.05, 3.63) is 54.6 Å². The van der Waals surface area contributed by atoms with Gasteiger partial charge >= 0.3 is 21.4 Å². The number of hydrogen-bond donors (Lipinski definition) is 0. The Morgan fingerprint density at radius 3 is 1.23 bits per heavy atom. The molecule has 0 radical (unpaired) electrons. The van der Waals surface area contributed by atoms with Gasteiger partial charge in [-0.1, -0.05) is 28.6 Å². The van der Waals surface area contributed by atoms with E-state index in [4.69, 9.17) is 27.9 Å². The van der Waals surface area contributed by atoms with Gasteiger partial charge in [-0.25, -0.2) is 9.36 Å². The molecule has 18 heteroatoms. The summed E-state index contributed by atoms with van der Waals surface area (Å²) in [4.78, 5) is 1.57. The Kier molecular flexibility index (Phi) is 10.1. The highest BCUT2D eigenvalue weighted by Gasteiger charge is 2.53. The van der Waals surface area contributed by atoms with Crippen molar-refractivity contribution in [3.8, 4) is 0 Å². The quantitative estimate of drug-likeness (QED) is 0.241. The Labute approximate surface area is 335 Å². The van der Waals surface area contributed by atoms with Crippen LogP contribution in [0.1, 0.15) is 83.1 Å². The van der Waals surface area contributed by atoms with Gasteiger partial charge < -0.3 is 27.9 Å². The van der Waals surface area contributed by atoms with Gasteiger partial charge in [0.15, 0.2) is 0 Å². The Morgan fingerprint density at radius 2 is 0.754 bits per heavy atom. The third kappa shape index (κ3) is 7.63. The minimum absolute atomic E-state index is 0.322. The number of fused-ring (bicyclic) bond motifs is 3. The molecule has 6 aromatic rings. The lowest BCUT2D eigenvalue weighted by atomic mass is 9.79. The highest BCUT2D eigenvalue weighted by atomic mass is 16.7. The molecule has 3 aliphatic rings. The average Bonchev–Trinajstić information content (AvgIpc) is 3.92. The number of aryl methyl sites for hydroxylation is 3. The molecule has 57 heavy (non-hydrogen) atoms. The molecule has 3 saturated heterocycles.